The highest BCUT2D eigenvalue weighted by atomic mass is 35.5. The van der Waals surface area contributed by atoms with Crippen molar-refractivity contribution in [3.63, 3.8) is 0 Å². The van der Waals surface area contributed by atoms with Crippen LogP contribution in [-0.2, 0) is 4.74 Å². The zero-order valence-electron chi connectivity index (χ0n) is 22.9. The van der Waals surface area contributed by atoms with Crippen LogP contribution < -0.4 is 5.56 Å². The lowest BCUT2D eigenvalue weighted by molar-refractivity contribution is 0.0300. The molecule has 2 fully saturated rings. The highest BCUT2D eigenvalue weighted by molar-refractivity contribution is 6.31. The molecule has 12 heteroatoms. The van der Waals surface area contributed by atoms with Gasteiger partial charge in [-0.3, -0.25) is 19.1 Å². The van der Waals surface area contributed by atoms with E-state index in [0.29, 0.717) is 65.5 Å². The number of benzene rings is 1. The Kier molecular flexibility index (Phi) is 7.40. The van der Waals surface area contributed by atoms with Crippen LogP contribution in [0.25, 0.3) is 16.9 Å². The number of rotatable bonds is 6. The normalized spacial score (nSPS) is 18.5. The number of alkyl halides is 2. The van der Waals surface area contributed by atoms with Crippen LogP contribution in [0, 0.1) is 19.7 Å². The molecule has 218 valence electrons. The number of halogens is 4. The molecule has 4 aromatic rings. The second kappa shape index (κ2) is 11.0. The number of hydrogen-bond acceptors (Lipinski definition) is 5. The molecule has 42 heavy (non-hydrogen) atoms. The number of carbonyl (C=O) groups excluding carboxylic acids is 1. The summed E-state index contributed by atoms with van der Waals surface area (Å²) in [7, 11) is 0. The summed E-state index contributed by atoms with van der Waals surface area (Å²) in [6.07, 6.45) is 4.95. The van der Waals surface area contributed by atoms with E-state index >= 15 is 4.39 Å². The summed E-state index contributed by atoms with van der Waals surface area (Å²) in [5, 5.41) is 3.75. The monoisotopic (exact) mass is 597 g/mol. The maximum atomic E-state index is 15.7. The minimum atomic E-state index is -2.72. The zero-order valence-corrected chi connectivity index (χ0v) is 23.6. The second-order valence-electron chi connectivity index (χ2n) is 10.6. The Morgan fingerprint density at radius 1 is 1.12 bits per heavy atom. The summed E-state index contributed by atoms with van der Waals surface area (Å²) in [5.74, 6) is -1.26. The lowest BCUT2D eigenvalue weighted by Gasteiger charge is -2.27. The summed E-state index contributed by atoms with van der Waals surface area (Å²) in [6, 6.07) is 8.03. The van der Waals surface area contributed by atoms with Crippen molar-refractivity contribution < 1.29 is 22.7 Å². The summed E-state index contributed by atoms with van der Waals surface area (Å²) in [5.41, 5.74) is 2.95. The van der Waals surface area contributed by atoms with Crippen molar-refractivity contribution in [2.45, 2.75) is 38.7 Å². The molecule has 0 radical (unpaired) electrons. The molecule has 6 rings (SSSR count). The number of hydrogen-bond donors (Lipinski definition) is 0. The second-order valence-corrected chi connectivity index (χ2v) is 11.0. The van der Waals surface area contributed by atoms with Gasteiger partial charge in [-0.2, -0.15) is 13.9 Å². The molecule has 0 spiro atoms. The van der Waals surface area contributed by atoms with Gasteiger partial charge in [-0.25, -0.2) is 9.07 Å². The fraction of sp³-hybridized carbons (Fsp3) is 0.333. The van der Waals surface area contributed by atoms with Crippen LogP contribution in [0.2, 0.25) is 5.02 Å². The fourth-order valence-electron chi connectivity index (χ4n) is 5.60. The van der Waals surface area contributed by atoms with Crippen molar-refractivity contribution in [2.75, 3.05) is 26.3 Å². The van der Waals surface area contributed by atoms with Crippen molar-refractivity contribution in [3.8, 4) is 16.9 Å². The molecule has 8 nitrogen and oxygen atoms in total. The fourth-order valence-corrected chi connectivity index (χ4v) is 5.87. The van der Waals surface area contributed by atoms with E-state index in [1.807, 2.05) is 6.07 Å². The standard InChI is InChI=1S/C30H27ClF3N5O3/c1-16-13-35-24(19-4-3-5-20(27(19)32)28(40)37-6-8-42-9-7-37)12-25(16)39-17(2)10-23(26(31)29(39)41)22-11-21(22)18-14-36-38(15-18)30(33)34/h3-5,10,12-15,21-22,30H,6-9,11H2,1-2H3/t21-,22+/m1/s1. The first-order valence-corrected chi connectivity index (χ1v) is 13.9. The third-order valence-corrected chi connectivity index (χ3v) is 8.30. The summed E-state index contributed by atoms with van der Waals surface area (Å²) < 4.78 is 49.0. The molecule has 1 aliphatic heterocycles. The van der Waals surface area contributed by atoms with Crippen LogP contribution in [0.1, 0.15) is 57.5 Å². The zero-order chi connectivity index (χ0) is 29.7. The van der Waals surface area contributed by atoms with Crippen molar-refractivity contribution in [2.24, 2.45) is 0 Å². The molecule has 3 aromatic heterocycles. The van der Waals surface area contributed by atoms with E-state index in [2.05, 4.69) is 10.1 Å². The third kappa shape index (κ3) is 5.00. The van der Waals surface area contributed by atoms with Crippen LogP contribution in [-0.4, -0.2) is 56.4 Å². The Labute approximate surface area is 244 Å². The van der Waals surface area contributed by atoms with E-state index in [4.69, 9.17) is 16.3 Å². The van der Waals surface area contributed by atoms with Gasteiger partial charge in [0, 0.05) is 36.7 Å². The highest BCUT2D eigenvalue weighted by Crippen LogP contribution is 2.56. The van der Waals surface area contributed by atoms with Crippen LogP contribution in [0.15, 0.2) is 53.7 Å². The summed E-state index contributed by atoms with van der Waals surface area (Å²) in [4.78, 5) is 32.6. The number of carbonyl (C=O) groups is 1. The predicted octanol–water partition coefficient (Wildman–Crippen LogP) is 5.64. The molecule has 0 unspecified atom stereocenters. The first kappa shape index (κ1) is 28.2. The Hall–Kier alpha value is -3.96. The Bertz CT molecular complexity index is 1750. The van der Waals surface area contributed by atoms with Crippen molar-refractivity contribution >= 4 is 17.5 Å². The minimum Gasteiger partial charge on any atom is -0.378 e. The molecule has 1 saturated carbocycles. The number of morpholine rings is 1. The number of ether oxygens (including phenoxy) is 1. The van der Waals surface area contributed by atoms with Gasteiger partial charge in [-0.15, -0.1) is 0 Å². The molecule has 0 bridgehead atoms. The molecule has 1 aliphatic carbocycles. The van der Waals surface area contributed by atoms with E-state index in [-0.39, 0.29) is 33.7 Å². The molecule has 0 N–H and O–H groups in total. The van der Waals surface area contributed by atoms with Crippen molar-refractivity contribution in [1.29, 1.82) is 0 Å². The topological polar surface area (TPSA) is 82.2 Å². The summed E-state index contributed by atoms with van der Waals surface area (Å²) in [6.45, 7) is 2.40. The molecule has 1 saturated heterocycles. The predicted molar refractivity (Wildman–Crippen MR) is 150 cm³/mol. The van der Waals surface area contributed by atoms with Gasteiger partial charge >= 0.3 is 6.55 Å². The molecule has 2 aliphatic rings. The van der Waals surface area contributed by atoms with Gasteiger partial charge in [-0.05, 0) is 73.1 Å². The van der Waals surface area contributed by atoms with Gasteiger partial charge in [0.05, 0.1) is 36.4 Å². The molecule has 4 heterocycles. The third-order valence-electron chi connectivity index (χ3n) is 7.92. The number of pyridine rings is 2. The highest BCUT2D eigenvalue weighted by Gasteiger charge is 2.42. The number of nitrogens with zero attached hydrogens (tertiary/aromatic N) is 5. The first-order chi connectivity index (χ1) is 20.2. The van der Waals surface area contributed by atoms with Crippen LogP contribution >= 0.6 is 11.6 Å². The largest absolute Gasteiger partial charge is 0.378 e. The van der Waals surface area contributed by atoms with E-state index < -0.39 is 23.8 Å². The average molecular weight is 598 g/mol. The van der Waals surface area contributed by atoms with Crippen molar-refractivity contribution in [3.05, 3.63) is 98.1 Å². The quantitative estimate of drug-likeness (QED) is 0.287. The Balaban J connectivity index is 1.34. The molecule has 2 atom stereocenters. The molecular formula is C30H27ClF3N5O3. The van der Waals surface area contributed by atoms with E-state index in [1.54, 1.807) is 43.1 Å². The maximum absolute atomic E-state index is 15.7. The first-order valence-electron chi connectivity index (χ1n) is 13.5. The SMILES string of the molecule is Cc1cnc(-c2cccc(C(=O)N3CCOCC3)c2F)cc1-n1c(C)cc([C@H]2C[C@@H]2c2cnn(C(F)F)c2)c(Cl)c1=O. The molecule has 1 amide bonds. The number of aryl methyl sites for hydroxylation is 2. The minimum absolute atomic E-state index is 0.0383. The molecule has 1 aromatic carbocycles. The van der Waals surface area contributed by atoms with E-state index in [9.17, 15) is 18.4 Å². The lowest BCUT2D eigenvalue weighted by atomic mass is 10.0. The number of aromatic nitrogens is 4. The van der Waals surface area contributed by atoms with Gasteiger partial charge in [0.2, 0.25) is 0 Å². The van der Waals surface area contributed by atoms with Crippen LogP contribution in [0.3, 0.4) is 0 Å². The lowest BCUT2D eigenvalue weighted by Crippen LogP contribution is -2.41. The van der Waals surface area contributed by atoms with Crippen molar-refractivity contribution in [1.82, 2.24) is 24.2 Å². The van der Waals surface area contributed by atoms with E-state index in [0.717, 1.165) is 0 Å². The maximum Gasteiger partial charge on any atom is 0.333 e. The summed E-state index contributed by atoms with van der Waals surface area (Å²) >= 11 is 6.63. The van der Waals surface area contributed by atoms with Gasteiger partial charge in [0.1, 0.15) is 10.8 Å². The van der Waals surface area contributed by atoms with Gasteiger partial charge in [-0.1, -0.05) is 17.7 Å². The Morgan fingerprint density at radius 2 is 1.88 bits per heavy atom. The van der Waals surface area contributed by atoms with Gasteiger partial charge in [0.15, 0.2) is 0 Å². The van der Waals surface area contributed by atoms with Crippen LogP contribution in [0.5, 0.6) is 0 Å². The average Bonchev–Trinajstić information content (AvgIpc) is 3.62. The van der Waals surface area contributed by atoms with Gasteiger partial charge in [0.25, 0.3) is 11.5 Å². The number of amides is 1. The Morgan fingerprint density at radius 3 is 2.60 bits per heavy atom. The molecular weight excluding hydrogens is 571 g/mol. The van der Waals surface area contributed by atoms with Gasteiger partial charge < -0.3 is 9.64 Å². The van der Waals surface area contributed by atoms with Crippen LogP contribution in [0.4, 0.5) is 13.2 Å². The van der Waals surface area contributed by atoms with E-state index in [1.165, 1.54) is 23.0 Å². The smallest absolute Gasteiger partial charge is 0.333 e.